The Morgan fingerprint density at radius 3 is 2.16 bits per heavy atom. The van der Waals surface area contributed by atoms with Crippen LogP contribution in [0.2, 0.25) is 0 Å². The van der Waals surface area contributed by atoms with Crippen LogP contribution in [0, 0.1) is 5.92 Å². The van der Waals surface area contributed by atoms with Gasteiger partial charge in [-0.3, -0.25) is 4.79 Å². The smallest absolute Gasteiger partial charge is 0.348 e. The molecular weight excluding hydrogens is 323 g/mol. The second kappa shape index (κ2) is 6.41. The lowest BCUT2D eigenvalue weighted by Gasteiger charge is -2.20. The van der Waals surface area contributed by atoms with Crippen LogP contribution in [-0.2, 0) is 6.18 Å². The molecule has 1 rings (SSSR count). The number of hydrogen-bond donors (Lipinski definition) is 1. The molecule has 0 bridgehead atoms. The second-order valence-corrected chi connectivity index (χ2v) is 5.20. The average Bonchev–Trinajstić information content (AvgIpc) is 2.34. The van der Waals surface area contributed by atoms with E-state index in [2.05, 4.69) is 21.2 Å². The van der Waals surface area contributed by atoms with Crippen molar-refractivity contribution in [2.24, 2.45) is 5.92 Å². The molecule has 0 heterocycles. The monoisotopic (exact) mass is 337 g/mol. The fourth-order valence-corrected chi connectivity index (χ4v) is 2.36. The maximum Gasteiger partial charge on any atom is 0.416 e. The van der Waals surface area contributed by atoms with Gasteiger partial charge in [-0.15, -0.1) is 0 Å². The van der Waals surface area contributed by atoms with E-state index in [1.807, 2.05) is 13.8 Å². The molecule has 0 saturated carbocycles. The van der Waals surface area contributed by atoms with E-state index in [4.69, 9.17) is 0 Å². The molecule has 0 fully saturated rings. The molecule has 0 spiro atoms. The van der Waals surface area contributed by atoms with E-state index in [0.717, 1.165) is 12.1 Å². The quantitative estimate of drug-likeness (QED) is 0.830. The first-order valence-corrected chi connectivity index (χ1v) is 6.92. The van der Waals surface area contributed by atoms with Crippen LogP contribution in [0.1, 0.15) is 29.8 Å². The number of alkyl halides is 4. The van der Waals surface area contributed by atoms with Crippen LogP contribution in [0.5, 0.6) is 0 Å². The van der Waals surface area contributed by atoms with Crippen molar-refractivity contribution in [2.45, 2.75) is 26.1 Å². The summed E-state index contributed by atoms with van der Waals surface area (Å²) in [5.41, 5.74) is -0.537. The van der Waals surface area contributed by atoms with Crippen LogP contribution in [0.25, 0.3) is 0 Å². The molecular formula is C13H15BrF3NO. The van der Waals surface area contributed by atoms with Gasteiger partial charge in [-0.2, -0.15) is 13.2 Å². The van der Waals surface area contributed by atoms with Crippen molar-refractivity contribution < 1.29 is 18.0 Å². The third-order valence-corrected chi connectivity index (χ3v) is 3.46. The summed E-state index contributed by atoms with van der Waals surface area (Å²) in [5.74, 6) is -0.135. The number of halogens is 4. The lowest BCUT2D eigenvalue weighted by atomic mass is 10.1. The first-order chi connectivity index (χ1) is 8.75. The van der Waals surface area contributed by atoms with E-state index in [1.165, 1.54) is 12.1 Å². The van der Waals surface area contributed by atoms with Gasteiger partial charge in [0.2, 0.25) is 0 Å². The molecule has 0 radical (unpaired) electrons. The molecule has 6 heteroatoms. The van der Waals surface area contributed by atoms with Gasteiger partial charge < -0.3 is 5.32 Å². The SMILES string of the molecule is CC(C)C(CBr)NC(=O)c1ccc(C(F)(F)F)cc1. The third-order valence-electron chi connectivity index (χ3n) is 2.76. The molecule has 0 aliphatic heterocycles. The summed E-state index contributed by atoms with van der Waals surface area (Å²) in [6.07, 6.45) is -4.38. The van der Waals surface area contributed by atoms with Gasteiger partial charge in [-0.1, -0.05) is 29.8 Å². The zero-order valence-corrected chi connectivity index (χ0v) is 12.2. The number of carbonyl (C=O) groups excluding carboxylic acids is 1. The Morgan fingerprint density at radius 1 is 1.26 bits per heavy atom. The molecule has 2 nitrogen and oxygen atoms in total. The summed E-state index contributed by atoms with van der Waals surface area (Å²) in [7, 11) is 0. The number of rotatable bonds is 4. The number of carbonyl (C=O) groups is 1. The molecule has 1 aromatic rings. The van der Waals surface area contributed by atoms with E-state index in [1.54, 1.807) is 0 Å². The van der Waals surface area contributed by atoms with Crippen molar-refractivity contribution in [2.75, 3.05) is 5.33 Å². The maximum atomic E-state index is 12.4. The Labute approximate surface area is 118 Å². The topological polar surface area (TPSA) is 29.1 Å². The highest BCUT2D eigenvalue weighted by Crippen LogP contribution is 2.29. The number of amides is 1. The summed E-state index contributed by atoms with van der Waals surface area (Å²) in [5, 5.41) is 3.37. The normalized spacial score (nSPS) is 13.4. The Morgan fingerprint density at radius 2 is 1.79 bits per heavy atom. The van der Waals surface area contributed by atoms with Gasteiger partial charge in [-0.25, -0.2) is 0 Å². The predicted molar refractivity (Wildman–Crippen MR) is 71.3 cm³/mol. The van der Waals surface area contributed by atoms with Crippen molar-refractivity contribution in [3.05, 3.63) is 35.4 Å². The molecule has 1 amide bonds. The van der Waals surface area contributed by atoms with Crippen molar-refractivity contribution in [1.82, 2.24) is 5.32 Å². The number of hydrogen-bond acceptors (Lipinski definition) is 1. The summed E-state index contributed by atoms with van der Waals surface area (Å²) >= 11 is 3.29. The average molecular weight is 338 g/mol. The van der Waals surface area contributed by atoms with Gasteiger partial charge in [0, 0.05) is 16.9 Å². The Balaban J connectivity index is 2.78. The fourth-order valence-electron chi connectivity index (χ4n) is 1.45. The van der Waals surface area contributed by atoms with Crippen molar-refractivity contribution in [3.63, 3.8) is 0 Å². The predicted octanol–water partition coefficient (Wildman–Crippen LogP) is 3.85. The van der Waals surface area contributed by atoms with E-state index < -0.39 is 11.7 Å². The van der Waals surface area contributed by atoms with Gasteiger partial charge in [0.1, 0.15) is 0 Å². The van der Waals surface area contributed by atoms with E-state index >= 15 is 0 Å². The highest BCUT2D eigenvalue weighted by atomic mass is 79.9. The minimum absolute atomic E-state index is 0.0604. The molecule has 106 valence electrons. The van der Waals surface area contributed by atoms with Gasteiger partial charge in [0.15, 0.2) is 0 Å². The zero-order valence-electron chi connectivity index (χ0n) is 10.6. The Bertz CT molecular complexity index is 429. The maximum absolute atomic E-state index is 12.4. The second-order valence-electron chi connectivity index (χ2n) is 4.55. The molecule has 0 aliphatic carbocycles. The van der Waals surface area contributed by atoms with Gasteiger partial charge in [0.25, 0.3) is 5.91 Å². The number of benzene rings is 1. The standard InChI is InChI=1S/C13H15BrF3NO/c1-8(2)11(7-14)18-12(19)9-3-5-10(6-4-9)13(15,16)17/h3-6,8,11H,7H2,1-2H3,(H,18,19). The largest absolute Gasteiger partial charge is 0.416 e. The third kappa shape index (κ3) is 4.53. The summed E-state index contributed by atoms with van der Waals surface area (Å²) < 4.78 is 37.2. The van der Waals surface area contributed by atoms with E-state index in [-0.39, 0.29) is 23.4 Å². The lowest BCUT2D eigenvalue weighted by molar-refractivity contribution is -0.137. The molecule has 1 aromatic carbocycles. The van der Waals surface area contributed by atoms with Gasteiger partial charge in [0.05, 0.1) is 5.56 Å². The molecule has 1 N–H and O–H groups in total. The molecule has 1 unspecified atom stereocenters. The highest BCUT2D eigenvalue weighted by Gasteiger charge is 2.30. The summed E-state index contributed by atoms with van der Waals surface area (Å²) in [6.45, 7) is 3.91. The lowest BCUT2D eigenvalue weighted by Crippen LogP contribution is -2.39. The Hall–Kier alpha value is -1.04. The molecule has 0 saturated heterocycles. The van der Waals surface area contributed by atoms with E-state index in [0.29, 0.717) is 5.33 Å². The fraction of sp³-hybridized carbons (Fsp3) is 0.462. The minimum Gasteiger partial charge on any atom is -0.348 e. The minimum atomic E-state index is -4.38. The molecule has 0 aromatic heterocycles. The first-order valence-electron chi connectivity index (χ1n) is 5.79. The molecule has 1 atom stereocenters. The highest BCUT2D eigenvalue weighted by molar-refractivity contribution is 9.09. The van der Waals surface area contributed by atoms with Crippen molar-refractivity contribution in [3.8, 4) is 0 Å². The van der Waals surface area contributed by atoms with Crippen LogP contribution in [-0.4, -0.2) is 17.3 Å². The molecule has 0 aliphatic rings. The Kier molecular flexibility index (Phi) is 5.40. The van der Waals surface area contributed by atoms with Crippen LogP contribution in [0.4, 0.5) is 13.2 Å². The van der Waals surface area contributed by atoms with Crippen LogP contribution >= 0.6 is 15.9 Å². The summed E-state index contributed by atoms with van der Waals surface area (Å²) in [6, 6.07) is 4.13. The zero-order chi connectivity index (χ0) is 14.6. The van der Waals surface area contributed by atoms with Gasteiger partial charge in [-0.05, 0) is 30.2 Å². The molecule has 19 heavy (non-hydrogen) atoms. The van der Waals surface area contributed by atoms with Crippen molar-refractivity contribution in [1.29, 1.82) is 0 Å². The van der Waals surface area contributed by atoms with Crippen molar-refractivity contribution >= 4 is 21.8 Å². The van der Waals surface area contributed by atoms with Crippen LogP contribution in [0.3, 0.4) is 0 Å². The first kappa shape index (κ1) is 16.0. The summed E-state index contributed by atoms with van der Waals surface area (Å²) in [4.78, 5) is 11.9. The van der Waals surface area contributed by atoms with Gasteiger partial charge >= 0.3 is 6.18 Å². The van der Waals surface area contributed by atoms with Crippen LogP contribution < -0.4 is 5.32 Å². The van der Waals surface area contributed by atoms with Crippen LogP contribution in [0.15, 0.2) is 24.3 Å². The van der Waals surface area contributed by atoms with E-state index in [9.17, 15) is 18.0 Å². The number of nitrogens with one attached hydrogen (secondary N) is 1.